The number of rotatable bonds is 7. The van der Waals surface area contributed by atoms with Gasteiger partial charge in [-0.2, -0.15) is 0 Å². The molecule has 0 N–H and O–H groups in total. The van der Waals surface area contributed by atoms with E-state index in [0.717, 1.165) is 31.7 Å². The summed E-state index contributed by atoms with van der Waals surface area (Å²) in [6, 6.07) is 5.29. The van der Waals surface area contributed by atoms with E-state index in [-0.39, 0.29) is 23.0 Å². The number of alkyl halides is 3. The Balaban J connectivity index is 2.89. The maximum atomic E-state index is 12.3. The summed E-state index contributed by atoms with van der Waals surface area (Å²) in [6.07, 6.45) is -1.51. The van der Waals surface area contributed by atoms with Crippen molar-refractivity contribution in [2.45, 2.75) is 45.9 Å². The van der Waals surface area contributed by atoms with Crippen molar-refractivity contribution < 1.29 is 22.7 Å². The van der Waals surface area contributed by atoms with Crippen LogP contribution in [-0.2, 0) is 0 Å². The lowest BCUT2D eigenvalue weighted by Crippen LogP contribution is -2.18. The molecule has 0 heterocycles. The molecule has 0 radical (unpaired) electrons. The van der Waals surface area contributed by atoms with Crippen molar-refractivity contribution in [3.63, 3.8) is 0 Å². The van der Waals surface area contributed by atoms with Gasteiger partial charge in [-0.25, -0.2) is 0 Å². The highest BCUT2D eigenvalue weighted by atomic mass is 19.4. The summed E-state index contributed by atoms with van der Waals surface area (Å²) in [7, 11) is 0. The molecule has 0 saturated carbocycles. The number of carbonyl (C=O) groups is 1. The van der Waals surface area contributed by atoms with E-state index in [0.29, 0.717) is 0 Å². The van der Waals surface area contributed by atoms with Crippen LogP contribution in [0, 0.1) is 5.92 Å². The molecular formula is C15H19F3O2. The summed E-state index contributed by atoms with van der Waals surface area (Å²) < 4.78 is 40.3. The van der Waals surface area contributed by atoms with Crippen molar-refractivity contribution in [2.24, 2.45) is 5.92 Å². The van der Waals surface area contributed by atoms with Crippen LogP contribution in [0.5, 0.6) is 5.75 Å². The third kappa shape index (κ3) is 5.23. The lowest BCUT2D eigenvalue weighted by Gasteiger charge is -2.15. The van der Waals surface area contributed by atoms with Gasteiger partial charge in [-0.1, -0.05) is 38.8 Å². The van der Waals surface area contributed by atoms with Crippen molar-refractivity contribution in [1.82, 2.24) is 0 Å². The zero-order valence-corrected chi connectivity index (χ0v) is 11.7. The summed E-state index contributed by atoms with van der Waals surface area (Å²) >= 11 is 0. The number of ketones is 1. The van der Waals surface area contributed by atoms with Crippen LogP contribution in [0.3, 0.4) is 0 Å². The van der Waals surface area contributed by atoms with Crippen LogP contribution >= 0.6 is 0 Å². The average molecular weight is 288 g/mol. The number of carbonyl (C=O) groups excluding carboxylic acids is 1. The summed E-state index contributed by atoms with van der Waals surface area (Å²) in [6.45, 7) is 3.97. The van der Waals surface area contributed by atoms with Crippen LogP contribution in [0.4, 0.5) is 13.2 Å². The molecule has 0 fully saturated rings. The second-order valence-electron chi connectivity index (χ2n) is 4.71. The quantitative estimate of drug-likeness (QED) is 0.661. The predicted octanol–water partition coefficient (Wildman–Crippen LogP) is 4.98. The summed E-state index contributed by atoms with van der Waals surface area (Å²) in [5.74, 6) is -0.595. The molecule has 0 amide bonds. The summed E-state index contributed by atoms with van der Waals surface area (Å²) in [4.78, 5) is 12.3. The fourth-order valence-electron chi connectivity index (χ4n) is 2.19. The molecule has 0 atom stereocenters. The van der Waals surface area contributed by atoms with Crippen molar-refractivity contribution in [2.75, 3.05) is 0 Å². The fraction of sp³-hybridized carbons (Fsp3) is 0.533. The molecule has 0 aliphatic heterocycles. The third-order valence-electron chi connectivity index (χ3n) is 3.00. The van der Waals surface area contributed by atoms with Crippen LogP contribution in [0.15, 0.2) is 24.3 Å². The Morgan fingerprint density at radius 2 is 1.80 bits per heavy atom. The molecule has 112 valence electrons. The van der Waals surface area contributed by atoms with Gasteiger partial charge in [0.15, 0.2) is 5.78 Å². The van der Waals surface area contributed by atoms with E-state index in [2.05, 4.69) is 4.74 Å². The molecule has 0 aliphatic carbocycles. The van der Waals surface area contributed by atoms with Gasteiger partial charge in [0.1, 0.15) is 5.75 Å². The molecule has 20 heavy (non-hydrogen) atoms. The topological polar surface area (TPSA) is 26.3 Å². The van der Waals surface area contributed by atoms with Crippen LogP contribution in [0.25, 0.3) is 0 Å². The molecule has 0 aliphatic rings. The monoisotopic (exact) mass is 288 g/mol. The average Bonchev–Trinajstić information content (AvgIpc) is 2.36. The molecule has 2 nitrogen and oxygen atoms in total. The van der Waals surface area contributed by atoms with E-state index in [1.807, 2.05) is 13.8 Å². The lowest BCUT2D eigenvalue weighted by molar-refractivity contribution is -0.274. The Hall–Kier alpha value is -1.52. The van der Waals surface area contributed by atoms with Crippen LogP contribution < -0.4 is 4.74 Å². The normalized spacial score (nSPS) is 11.7. The second kappa shape index (κ2) is 7.31. The minimum atomic E-state index is -4.74. The van der Waals surface area contributed by atoms with Crippen LogP contribution in [0.2, 0.25) is 0 Å². The number of ether oxygens (including phenoxy) is 1. The van der Waals surface area contributed by atoms with Gasteiger partial charge in [0.05, 0.1) is 0 Å². The third-order valence-corrected chi connectivity index (χ3v) is 3.00. The first-order chi connectivity index (χ1) is 9.37. The standard InChI is InChI=1S/C15H19F3O2/c1-3-6-11(7-4-2)14(19)12-8-5-9-13(10-12)20-15(16,17)18/h5,8-11H,3-4,6-7H2,1-2H3. The zero-order chi connectivity index (χ0) is 15.2. The number of Topliss-reactive ketones (excluding diaryl/α,β-unsaturated/α-hetero) is 1. The minimum Gasteiger partial charge on any atom is -0.406 e. The van der Waals surface area contributed by atoms with Crippen molar-refractivity contribution in [3.8, 4) is 5.75 Å². The van der Waals surface area contributed by atoms with Gasteiger partial charge in [-0.3, -0.25) is 4.79 Å². The second-order valence-corrected chi connectivity index (χ2v) is 4.71. The van der Waals surface area contributed by atoms with E-state index in [1.54, 1.807) is 0 Å². The highest BCUT2D eigenvalue weighted by Crippen LogP contribution is 2.26. The van der Waals surface area contributed by atoms with E-state index in [4.69, 9.17) is 0 Å². The van der Waals surface area contributed by atoms with E-state index in [1.165, 1.54) is 18.2 Å². The molecule has 0 bridgehead atoms. The summed E-state index contributed by atoms with van der Waals surface area (Å²) in [5, 5.41) is 0. The molecule has 0 aromatic heterocycles. The Bertz CT molecular complexity index is 435. The smallest absolute Gasteiger partial charge is 0.406 e. The molecule has 0 spiro atoms. The first-order valence-corrected chi connectivity index (χ1v) is 6.77. The van der Waals surface area contributed by atoms with Gasteiger partial charge in [0, 0.05) is 11.5 Å². The minimum absolute atomic E-state index is 0.110. The van der Waals surface area contributed by atoms with Gasteiger partial charge >= 0.3 is 6.36 Å². The number of hydrogen-bond acceptors (Lipinski definition) is 2. The molecular weight excluding hydrogens is 269 g/mol. The summed E-state index contributed by atoms with van der Waals surface area (Å²) in [5.41, 5.74) is 0.277. The number of hydrogen-bond donors (Lipinski definition) is 0. The predicted molar refractivity (Wildman–Crippen MR) is 70.8 cm³/mol. The van der Waals surface area contributed by atoms with Gasteiger partial charge in [-0.15, -0.1) is 13.2 Å². The molecule has 1 aromatic rings. The first-order valence-electron chi connectivity index (χ1n) is 6.77. The van der Waals surface area contributed by atoms with Crippen LogP contribution in [-0.4, -0.2) is 12.1 Å². The Morgan fingerprint density at radius 1 is 1.20 bits per heavy atom. The Kier molecular flexibility index (Phi) is 6.05. The zero-order valence-electron chi connectivity index (χ0n) is 11.7. The lowest BCUT2D eigenvalue weighted by atomic mass is 9.90. The molecule has 1 aromatic carbocycles. The van der Waals surface area contributed by atoms with Gasteiger partial charge in [-0.05, 0) is 25.0 Å². The van der Waals surface area contributed by atoms with Crippen LogP contribution in [0.1, 0.15) is 49.9 Å². The van der Waals surface area contributed by atoms with Gasteiger partial charge in [0.25, 0.3) is 0 Å². The highest BCUT2D eigenvalue weighted by molar-refractivity contribution is 5.98. The molecule has 0 unspecified atom stereocenters. The van der Waals surface area contributed by atoms with E-state index < -0.39 is 6.36 Å². The van der Waals surface area contributed by atoms with E-state index >= 15 is 0 Å². The largest absolute Gasteiger partial charge is 0.573 e. The van der Waals surface area contributed by atoms with Gasteiger partial charge < -0.3 is 4.74 Å². The maximum Gasteiger partial charge on any atom is 0.573 e. The Labute approximate surface area is 116 Å². The molecule has 5 heteroatoms. The molecule has 0 saturated heterocycles. The fourth-order valence-corrected chi connectivity index (χ4v) is 2.19. The first kappa shape index (κ1) is 16.5. The van der Waals surface area contributed by atoms with E-state index in [9.17, 15) is 18.0 Å². The van der Waals surface area contributed by atoms with Crippen molar-refractivity contribution in [3.05, 3.63) is 29.8 Å². The number of benzene rings is 1. The molecule has 1 rings (SSSR count). The van der Waals surface area contributed by atoms with Crippen molar-refractivity contribution in [1.29, 1.82) is 0 Å². The number of halogens is 3. The van der Waals surface area contributed by atoms with Gasteiger partial charge in [0.2, 0.25) is 0 Å². The maximum absolute atomic E-state index is 12.3. The highest BCUT2D eigenvalue weighted by Gasteiger charge is 2.31. The SMILES string of the molecule is CCCC(CCC)C(=O)c1cccc(OC(F)(F)F)c1. The van der Waals surface area contributed by atoms with Crippen molar-refractivity contribution >= 4 is 5.78 Å². The Morgan fingerprint density at radius 3 is 2.30 bits per heavy atom.